The third kappa shape index (κ3) is 3.15. The number of nitrogens with one attached hydrogen (secondary N) is 1. The van der Waals surface area contributed by atoms with Crippen LogP contribution >= 0.6 is 23.2 Å². The van der Waals surface area contributed by atoms with Crippen LogP contribution in [0.5, 0.6) is 0 Å². The molecule has 0 saturated carbocycles. The summed E-state index contributed by atoms with van der Waals surface area (Å²) in [7, 11) is -1.13. The summed E-state index contributed by atoms with van der Waals surface area (Å²) in [6, 6.07) is 3.18. The van der Waals surface area contributed by atoms with Gasteiger partial charge in [-0.15, -0.1) is 0 Å². The number of alkyl halides is 3. The van der Waals surface area contributed by atoms with E-state index in [-0.39, 0.29) is 32.1 Å². The van der Waals surface area contributed by atoms with E-state index in [2.05, 4.69) is 5.10 Å². The summed E-state index contributed by atoms with van der Waals surface area (Å²) in [6.45, 7) is 0. The second-order valence-electron chi connectivity index (χ2n) is 4.38. The fourth-order valence-corrected chi connectivity index (χ4v) is 3.32. The van der Waals surface area contributed by atoms with Gasteiger partial charge < -0.3 is 5.73 Å². The van der Waals surface area contributed by atoms with Gasteiger partial charge in [0.2, 0.25) is 0 Å². The fourth-order valence-electron chi connectivity index (χ4n) is 1.89. The third-order valence-corrected chi connectivity index (χ3v) is 4.44. The Labute approximate surface area is 141 Å². The van der Waals surface area contributed by atoms with Gasteiger partial charge in [0, 0.05) is 0 Å². The Hall–Kier alpha value is -1.76. The van der Waals surface area contributed by atoms with Gasteiger partial charge in [0.15, 0.2) is 5.69 Å². The molecule has 0 aliphatic carbocycles. The minimum Gasteiger partial charge on any atom is -0.383 e. The molecular weight excluding hydrogens is 374 g/mol. The normalized spacial score (nSPS) is 12.9. The first kappa shape index (κ1) is 17.6. The SMILES string of the molecule is CS(=N)c1c(C#N)nn(-c2c(Cl)cc(C(F)(F)F)cc2Cl)c1N. The zero-order valence-corrected chi connectivity index (χ0v) is 13.7. The average Bonchev–Trinajstić information content (AvgIpc) is 2.74. The van der Waals surface area contributed by atoms with Gasteiger partial charge in [0.1, 0.15) is 17.6 Å². The number of anilines is 1. The maximum absolute atomic E-state index is 12.8. The minimum atomic E-state index is -4.61. The molecule has 0 saturated heterocycles. The van der Waals surface area contributed by atoms with Crippen molar-refractivity contribution in [2.75, 3.05) is 12.0 Å². The zero-order valence-electron chi connectivity index (χ0n) is 11.4. The molecule has 1 aromatic carbocycles. The summed E-state index contributed by atoms with van der Waals surface area (Å²) in [5.74, 6) is -0.0639. The van der Waals surface area contributed by atoms with E-state index < -0.39 is 22.4 Å². The first-order chi connectivity index (χ1) is 10.6. The van der Waals surface area contributed by atoms with Crippen molar-refractivity contribution in [2.24, 2.45) is 0 Å². The molecule has 0 aliphatic heterocycles. The lowest BCUT2D eigenvalue weighted by atomic mass is 10.2. The summed E-state index contributed by atoms with van der Waals surface area (Å²) in [5.41, 5.74) is 4.68. The maximum Gasteiger partial charge on any atom is 0.416 e. The smallest absolute Gasteiger partial charge is 0.383 e. The highest BCUT2D eigenvalue weighted by Gasteiger charge is 2.32. The Bertz CT molecular complexity index is 831. The number of nitrogens with two attached hydrogens (primary N) is 1. The molecule has 0 radical (unpaired) electrons. The van der Waals surface area contributed by atoms with Gasteiger partial charge in [-0.2, -0.15) is 23.5 Å². The van der Waals surface area contributed by atoms with Crippen LogP contribution in [0.1, 0.15) is 11.3 Å². The van der Waals surface area contributed by atoms with Crippen molar-refractivity contribution in [3.8, 4) is 11.8 Å². The van der Waals surface area contributed by atoms with E-state index in [1.165, 1.54) is 6.26 Å². The van der Waals surface area contributed by atoms with E-state index in [4.69, 9.17) is 39.0 Å². The maximum atomic E-state index is 12.8. The molecule has 2 aromatic rings. The number of hydrogen-bond acceptors (Lipinski definition) is 4. The van der Waals surface area contributed by atoms with Crippen LogP contribution < -0.4 is 5.73 Å². The Kier molecular flexibility index (Phi) is 4.61. The van der Waals surface area contributed by atoms with Crippen molar-refractivity contribution in [1.82, 2.24) is 9.78 Å². The van der Waals surface area contributed by atoms with Gasteiger partial charge in [-0.3, -0.25) is 4.78 Å². The molecule has 11 heteroatoms. The van der Waals surface area contributed by atoms with Crippen LogP contribution in [0.15, 0.2) is 17.0 Å². The second-order valence-corrected chi connectivity index (χ2v) is 6.63. The Morgan fingerprint density at radius 2 is 1.87 bits per heavy atom. The summed E-state index contributed by atoms with van der Waals surface area (Å²) in [6.07, 6.45) is -3.10. The van der Waals surface area contributed by atoms with Crippen LogP contribution in [0.4, 0.5) is 19.0 Å². The quantitative estimate of drug-likeness (QED) is 0.822. The monoisotopic (exact) mass is 381 g/mol. The first-order valence-corrected chi connectivity index (χ1v) is 8.19. The van der Waals surface area contributed by atoms with Gasteiger partial charge in [0.05, 0.1) is 20.5 Å². The predicted octanol–water partition coefficient (Wildman–Crippen LogP) is 4.02. The number of nitriles is 1. The van der Waals surface area contributed by atoms with Gasteiger partial charge in [0.25, 0.3) is 0 Å². The van der Waals surface area contributed by atoms with Crippen molar-refractivity contribution >= 4 is 39.7 Å². The Balaban J connectivity index is 2.74. The molecule has 1 aromatic heterocycles. The van der Waals surface area contributed by atoms with E-state index in [9.17, 15) is 13.2 Å². The number of halogens is 5. The highest BCUT2D eigenvalue weighted by Crippen LogP contribution is 2.38. The van der Waals surface area contributed by atoms with Crippen LogP contribution in [-0.2, 0) is 16.9 Å². The molecule has 0 spiro atoms. The molecule has 0 fully saturated rings. The lowest BCUT2D eigenvalue weighted by Crippen LogP contribution is -2.09. The second kappa shape index (κ2) is 6.03. The standard InChI is InChI=1S/C12H8Cl2F3N5S/c1-23(20)10-8(4-18)21-22(11(10)19)9-6(13)2-5(3-7(9)14)12(15,16)17/h2-3,20H,19H2,1H3. The van der Waals surface area contributed by atoms with Gasteiger partial charge in [-0.25, -0.2) is 4.68 Å². The number of aromatic nitrogens is 2. The highest BCUT2D eigenvalue weighted by molar-refractivity contribution is 7.85. The topological polar surface area (TPSA) is 91.5 Å². The van der Waals surface area contributed by atoms with Crippen molar-refractivity contribution in [1.29, 1.82) is 10.0 Å². The van der Waals surface area contributed by atoms with Crippen LogP contribution in [0.25, 0.3) is 5.69 Å². The molecule has 0 bridgehead atoms. The lowest BCUT2D eigenvalue weighted by molar-refractivity contribution is -0.137. The van der Waals surface area contributed by atoms with Crippen LogP contribution in [0, 0.1) is 16.1 Å². The molecule has 1 atom stereocenters. The van der Waals surface area contributed by atoms with E-state index >= 15 is 0 Å². The Morgan fingerprint density at radius 3 is 2.22 bits per heavy atom. The van der Waals surface area contributed by atoms with Crippen molar-refractivity contribution in [3.05, 3.63) is 33.4 Å². The summed E-state index contributed by atoms with van der Waals surface area (Å²) < 4.78 is 47.0. The molecular formula is C12H8Cl2F3N5S. The van der Waals surface area contributed by atoms with Crippen LogP contribution in [0.2, 0.25) is 10.0 Å². The molecule has 2 rings (SSSR count). The Morgan fingerprint density at radius 1 is 1.35 bits per heavy atom. The fraction of sp³-hybridized carbons (Fsp3) is 0.167. The predicted molar refractivity (Wildman–Crippen MR) is 82.0 cm³/mol. The molecule has 1 heterocycles. The molecule has 122 valence electrons. The summed E-state index contributed by atoms with van der Waals surface area (Å²) in [4.78, 5) is 0.180. The molecule has 23 heavy (non-hydrogen) atoms. The lowest BCUT2D eigenvalue weighted by Gasteiger charge is -2.13. The molecule has 5 nitrogen and oxygen atoms in total. The summed E-state index contributed by atoms with van der Waals surface area (Å²) >= 11 is 11.8. The summed E-state index contributed by atoms with van der Waals surface area (Å²) in [5, 5.41) is 12.3. The molecule has 1 unspecified atom stereocenters. The number of benzene rings is 1. The van der Waals surface area contributed by atoms with Gasteiger partial charge >= 0.3 is 6.18 Å². The largest absolute Gasteiger partial charge is 0.416 e. The first-order valence-electron chi connectivity index (χ1n) is 5.80. The third-order valence-electron chi connectivity index (χ3n) is 2.84. The van der Waals surface area contributed by atoms with E-state index in [1.807, 2.05) is 0 Å². The van der Waals surface area contributed by atoms with Crippen LogP contribution in [0.3, 0.4) is 0 Å². The van der Waals surface area contributed by atoms with Crippen molar-refractivity contribution in [3.63, 3.8) is 0 Å². The molecule has 3 N–H and O–H groups in total. The van der Waals surface area contributed by atoms with Crippen molar-refractivity contribution < 1.29 is 13.2 Å². The number of nitrogens with zero attached hydrogens (tertiary/aromatic N) is 3. The minimum absolute atomic E-state index is 0.0639. The van der Waals surface area contributed by atoms with E-state index in [0.29, 0.717) is 12.1 Å². The van der Waals surface area contributed by atoms with E-state index in [0.717, 1.165) is 4.68 Å². The molecule has 0 aliphatic rings. The number of hydrogen-bond donors (Lipinski definition) is 2. The average molecular weight is 382 g/mol. The van der Waals surface area contributed by atoms with E-state index in [1.54, 1.807) is 6.07 Å². The highest BCUT2D eigenvalue weighted by atomic mass is 35.5. The van der Waals surface area contributed by atoms with Crippen LogP contribution in [-0.4, -0.2) is 16.0 Å². The van der Waals surface area contributed by atoms with Crippen molar-refractivity contribution in [2.45, 2.75) is 11.1 Å². The molecule has 0 amide bonds. The number of rotatable bonds is 2. The van der Waals surface area contributed by atoms with Gasteiger partial charge in [-0.1, -0.05) is 33.9 Å². The van der Waals surface area contributed by atoms with Gasteiger partial charge in [-0.05, 0) is 18.4 Å². The number of nitrogen functional groups attached to an aromatic ring is 1. The zero-order chi connectivity index (χ0) is 17.5.